The maximum atomic E-state index is 10.3. The van der Waals surface area contributed by atoms with Gasteiger partial charge in [0.2, 0.25) is 0 Å². The van der Waals surface area contributed by atoms with Crippen molar-refractivity contribution in [2.45, 2.75) is 58.8 Å². The summed E-state index contributed by atoms with van der Waals surface area (Å²) in [5.74, 6) is 0. The van der Waals surface area contributed by atoms with Crippen molar-refractivity contribution in [3.05, 3.63) is 0 Å². The second kappa shape index (κ2) is 10.6. The Hall–Kier alpha value is -0.530. The normalized spacial score (nSPS) is 10.1. The van der Waals surface area contributed by atoms with E-state index < -0.39 is 0 Å². The van der Waals surface area contributed by atoms with Gasteiger partial charge in [-0.1, -0.05) is 45.4 Å². The molecule has 83 valence electrons. The number of rotatable bonds is 10. The number of nitrogens with zero attached hydrogens (tertiary/aromatic N) is 1. The zero-order chi connectivity index (χ0) is 10.6. The van der Waals surface area contributed by atoms with Gasteiger partial charge in [0.1, 0.15) is 0 Å². The van der Waals surface area contributed by atoms with E-state index in [2.05, 4.69) is 6.92 Å². The Morgan fingerprint density at radius 1 is 0.929 bits per heavy atom. The van der Waals surface area contributed by atoms with Crippen LogP contribution in [0.25, 0.3) is 0 Å². The first-order valence-corrected chi connectivity index (χ1v) is 5.97. The SMILES string of the molecule is CCCCCCCCCN([C]=O)CC. The standard InChI is InChI=1S/C12H24NO/c1-3-5-6-7-8-9-10-11-13(4-2)12-14/h3-11H2,1-2H3. The Bertz CT molecular complexity index is 125. The van der Waals surface area contributed by atoms with Gasteiger partial charge in [-0.15, -0.1) is 0 Å². The fourth-order valence-electron chi connectivity index (χ4n) is 1.53. The highest BCUT2D eigenvalue weighted by Gasteiger charge is 1.98. The van der Waals surface area contributed by atoms with Gasteiger partial charge in [0.05, 0.1) is 0 Å². The van der Waals surface area contributed by atoms with Crippen LogP contribution in [-0.2, 0) is 4.79 Å². The van der Waals surface area contributed by atoms with Crippen molar-refractivity contribution in [3.8, 4) is 0 Å². The highest BCUT2D eigenvalue weighted by molar-refractivity contribution is 5.47. The maximum Gasteiger partial charge on any atom is 0.312 e. The zero-order valence-electron chi connectivity index (χ0n) is 9.72. The first kappa shape index (κ1) is 13.5. The van der Waals surface area contributed by atoms with Gasteiger partial charge >= 0.3 is 6.41 Å². The zero-order valence-corrected chi connectivity index (χ0v) is 9.72. The summed E-state index contributed by atoms with van der Waals surface area (Å²) in [6, 6.07) is 0. The van der Waals surface area contributed by atoms with E-state index in [0.717, 1.165) is 19.5 Å². The topological polar surface area (TPSA) is 20.3 Å². The minimum atomic E-state index is 0.791. The molecule has 1 amide bonds. The van der Waals surface area contributed by atoms with E-state index in [1.54, 1.807) is 4.90 Å². The second-order valence-corrected chi connectivity index (χ2v) is 3.79. The molecule has 0 aliphatic rings. The number of hydrogen-bond acceptors (Lipinski definition) is 1. The third-order valence-corrected chi connectivity index (χ3v) is 2.54. The van der Waals surface area contributed by atoms with Crippen LogP contribution in [0.1, 0.15) is 58.8 Å². The lowest BCUT2D eigenvalue weighted by atomic mass is 10.1. The van der Waals surface area contributed by atoms with E-state index in [1.165, 1.54) is 38.5 Å². The molecule has 2 nitrogen and oxygen atoms in total. The molecule has 0 saturated carbocycles. The highest BCUT2D eigenvalue weighted by Crippen LogP contribution is 2.06. The maximum absolute atomic E-state index is 10.3. The molecule has 1 radical (unpaired) electrons. The Labute approximate surface area is 88.7 Å². The van der Waals surface area contributed by atoms with Crippen molar-refractivity contribution < 1.29 is 4.79 Å². The van der Waals surface area contributed by atoms with E-state index in [1.807, 2.05) is 13.3 Å². The highest BCUT2D eigenvalue weighted by atomic mass is 16.1. The van der Waals surface area contributed by atoms with Crippen LogP contribution in [0.4, 0.5) is 0 Å². The van der Waals surface area contributed by atoms with Gasteiger partial charge in [-0.3, -0.25) is 4.79 Å². The van der Waals surface area contributed by atoms with Crippen LogP contribution in [0.15, 0.2) is 0 Å². The molecule has 0 atom stereocenters. The fourth-order valence-corrected chi connectivity index (χ4v) is 1.53. The number of carbonyl (C=O) groups excluding carboxylic acids is 1. The lowest BCUT2D eigenvalue weighted by Crippen LogP contribution is -2.22. The lowest BCUT2D eigenvalue weighted by molar-refractivity contribution is 0.381. The van der Waals surface area contributed by atoms with E-state index in [-0.39, 0.29) is 0 Å². The van der Waals surface area contributed by atoms with Crippen LogP contribution in [0.5, 0.6) is 0 Å². The van der Waals surface area contributed by atoms with E-state index >= 15 is 0 Å². The first-order valence-electron chi connectivity index (χ1n) is 5.97. The first-order chi connectivity index (χ1) is 6.85. The molecule has 2 heteroatoms. The van der Waals surface area contributed by atoms with E-state index in [4.69, 9.17) is 0 Å². The number of hydrogen-bond donors (Lipinski definition) is 0. The van der Waals surface area contributed by atoms with Gasteiger partial charge in [0, 0.05) is 13.1 Å². The second-order valence-electron chi connectivity index (χ2n) is 3.79. The van der Waals surface area contributed by atoms with Gasteiger partial charge in [-0.05, 0) is 13.3 Å². The molecule has 0 unspecified atom stereocenters. The molecule has 0 rings (SSSR count). The minimum absolute atomic E-state index is 0.791. The molecular formula is C12H24NO. The largest absolute Gasteiger partial charge is 0.335 e. The molecular weight excluding hydrogens is 174 g/mol. The van der Waals surface area contributed by atoms with Crippen LogP contribution in [0.3, 0.4) is 0 Å². The molecule has 0 aromatic carbocycles. The molecule has 0 spiro atoms. The van der Waals surface area contributed by atoms with Crippen LogP contribution >= 0.6 is 0 Å². The summed E-state index contributed by atoms with van der Waals surface area (Å²) in [6.45, 7) is 5.90. The summed E-state index contributed by atoms with van der Waals surface area (Å²) in [5, 5.41) is 0. The van der Waals surface area contributed by atoms with Gasteiger partial charge in [-0.2, -0.15) is 0 Å². The Kier molecular flexibility index (Phi) is 10.2. The molecule has 0 heterocycles. The molecule has 14 heavy (non-hydrogen) atoms. The summed E-state index contributed by atoms with van der Waals surface area (Å²) in [6.07, 6.45) is 11.0. The Morgan fingerprint density at radius 3 is 2.00 bits per heavy atom. The van der Waals surface area contributed by atoms with Gasteiger partial charge in [0.15, 0.2) is 0 Å². The summed E-state index contributed by atoms with van der Waals surface area (Å²) >= 11 is 0. The molecule has 0 fully saturated rings. The average molecular weight is 198 g/mol. The van der Waals surface area contributed by atoms with E-state index in [0.29, 0.717) is 0 Å². The molecule has 0 saturated heterocycles. The summed E-state index contributed by atoms with van der Waals surface area (Å²) < 4.78 is 0. The molecule has 0 bridgehead atoms. The van der Waals surface area contributed by atoms with Gasteiger partial charge < -0.3 is 4.90 Å². The van der Waals surface area contributed by atoms with Crippen molar-refractivity contribution in [3.63, 3.8) is 0 Å². The van der Waals surface area contributed by atoms with Crippen LogP contribution in [0.2, 0.25) is 0 Å². The molecule has 0 aromatic heterocycles. The molecule has 0 aliphatic carbocycles. The van der Waals surface area contributed by atoms with Crippen molar-refractivity contribution in [2.75, 3.05) is 13.1 Å². The Balaban J connectivity index is 3.08. The monoisotopic (exact) mass is 198 g/mol. The smallest absolute Gasteiger partial charge is 0.312 e. The third-order valence-electron chi connectivity index (χ3n) is 2.54. The fraction of sp³-hybridized carbons (Fsp3) is 0.917. The van der Waals surface area contributed by atoms with Crippen molar-refractivity contribution in [1.82, 2.24) is 4.90 Å². The van der Waals surface area contributed by atoms with Gasteiger partial charge in [0.25, 0.3) is 0 Å². The predicted molar refractivity (Wildman–Crippen MR) is 60.9 cm³/mol. The molecule has 0 aliphatic heterocycles. The lowest BCUT2D eigenvalue weighted by Gasteiger charge is -2.12. The van der Waals surface area contributed by atoms with Crippen LogP contribution in [0, 0.1) is 0 Å². The van der Waals surface area contributed by atoms with Crippen molar-refractivity contribution in [1.29, 1.82) is 0 Å². The molecule has 0 aromatic rings. The quantitative estimate of drug-likeness (QED) is 0.390. The molecule has 0 N–H and O–H groups in total. The number of amides is 1. The van der Waals surface area contributed by atoms with Crippen LogP contribution in [-0.4, -0.2) is 24.4 Å². The van der Waals surface area contributed by atoms with Gasteiger partial charge in [-0.25, -0.2) is 0 Å². The Morgan fingerprint density at radius 2 is 1.50 bits per heavy atom. The minimum Gasteiger partial charge on any atom is -0.335 e. The predicted octanol–water partition coefficient (Wildman–Crippen LogP) is 3.13. The summed E-state index contributed by atoms with van der Waals surface area (Å²) in [4.78, 5) is 12.1. The van der Waals surface area contributed by atoms with Crippen molar-refractivity contribution >= 4 is 6.41 Å². The summed E-state index contributed by atoms with van der Waals surface area (Å²) in [7, 11) is 0. The summed E-state index contributed by atoms with van der Waals surface area (Å²) in [5.41, 5.74) is 0. The average Bonchev–Trinajstić information content (AvgIpc) is 2.22. The van der Waals surface area contributed by atoms with Crippen molar-refractivity contribution in [2.24, 2.45) is 0 Å². The third kappa shape index (κ3) is 8.09. The number of unbranched alkanes of at least 4 members (excludes halogenated alkanes) is 6. The van der Waals surface area contributed by atoms with E-state index in [9.17, 15) is 4.79 Å². The van der Waals surface area contributed by atoms with Crippen LogP contribution < -0.4 is 0 Å².